The van der Waals surface area contributed by atoms with Gasteiger partial charge in [0.05, 0.1) is 5.69 Å². The third-order valence-electron chi connectivity index (χ3n) is 4.06. The predicted molar refractivity (Wildman–Crippen MR) is 99.8 cm³/mol. The fourth-order valence-corrected chi connectivity index (χ4v) is 2.89. The minimum Gasteiger partial charge on any atom is -0.461 e. The lowest BCUT2D eigenvalue weighted by atomic mass is 9.99. The van der Waals surface area contributed by atoms with Crippen molar-refractivity contribution in [2.75, 3.05) is 5.73 Å². The fourth-order valence-electron chi connectivity index (χ4n) is 2.89. The minimum absolute atomic E-state index is 0.218. The molecule has 4 heteroatoms. The first-order chi connectivity index (χ1) is 12.0. The molecule has 0 radical (unpaired) electrons. The predicted octanol–water partition coefficient (Wildman–Crippen LogP) is 4.97. The van der Waals surface area contributed by atoms with E-state index in [0.717, 1.165) is 23.4 Å². The summed E-state index contributed by atoms with van der Waals surface area (Å²) < 4.78 is 5.69. The van der Waals surface area contributed by atoms with E-state index in [1.165, 1.54) is 5.56 Å². The molecule has 0 fully saturated rings. The van der Waals surface area contributed by atoms with Crippen LogP contribution in [0.25, 0.3) is 22.6 Å². The van der Waals surface area contributed by atoms with Crippen LogP contribution >= 0.6 is 0 Å². The average molecular weight is 331 g/mol. The first-order valence-corrected chi connectivity index (χ1v) is 8.34. The number of hydrogen-bond acceptors (Lipinski definition) is 4. The first kappa shape index (κ1) is 16.8. The SMILES string of the molecule is Cc1ccc(-c2cc(-c3ccc(CC(C)C)cc3)nc(N)c2C#N)o1. The van der Waals surface area contributed by atoms with Gasteiger partial charge in [-0.25, -0.2) is 4.98 Å². The van der Waals surface area contributed by atoms with Crippen LogP contribution in [-0.2, 0) is 6.42 Å². The van der Waals surface area contributed by atoms with Gasteiger partial charge >= 0.3 is 0 Å². The van der Waals surface area contributed by atoms with Crippen LogP contribution < -0.4 is 5.73 Å². The van der Waals surface area contributed by atoms with Crippen molar-refractivity contribution in [3.05, 3.63) is 59.4 Å². The number of hydrogen-bond donors (Lipinski definition) is 1. The lowest BCUT2D eigenvalue weighted by Gasteiger charge is -2.10. The Morgan fingerprint density at radius 1 is 1.16 bits per heavy atom. The molecule has 2 heterocycles. The Kier molecular flexibility index (Phi) is 4.58. The van der Waals surface area contributed by atoms with Gasteiger partial charge in [0, 0.05) is 11.1 Å². The van der Waals surface area contributed by atoms with E-state index in [4.69, 9.17) is 10.2 Å². The molecule has 0 spiro atoms. The van der Waals surface area contributed by atoms with Crippen molar-refractivity contribution in [1.29, 1.82) is 5.26 Å². The van der Waals surface area contributed by atoms with Crippen molar-refractivity contribution in [3.63, 3.8) is 0 Å². The Balaban J connectivity index is 2.06. The van der Waals surface area contributed by atoms with Gasteiger partial charge in [0.15, 0.2) is 0 Å². The molecule has 1 aromatic carbocycles. The van der Waals surface area contributed by atoms with Gasteiger partial charge in [-0.2, -0.15) is 5.26 Å². The van der Waals surface area contributed by atoms with Gasteiger partial charge in [-0.3, -0.25) is 0 Å². The molecule has 3 rings (SSSR count). The number of anilines is 1. The molecule has 0 unspecified atom stereocenters. The largest absolute Gasteiger partial charge is 0.461 e. The molecule has 0 aliphatic carbocycles. The summed E-state index contributed by atoms with van der Waals surface area (Å²) in [5.41, 5.74) is 10.0. The molecular weight excluding hydrogens is 310 g/mol. The van der Waals surface area contributed by atoms with E-state index >= 15 is 0 Å². The molecule has 0 amide bonds. The highest BCUT2D eigenvalue weighted by atomic mass is 16.3. The average Bonchev–Trinajstić information content (AvgIpc) is 3.00. The number of nitrogens with two attached hydrogens (primary N) is 1. The maximum Gasteiger partial charge on any atom is 0.142 e. The summed E-state index contributed by atoms with van der Waals surface area (Å²) in [6, 6.07) is 16.0. The van der Waals surface area contributed by atoms with Gasteiger partial charge < -0.3 is 10.2 Å². The van der Waals surface area contributed by atoms with Crippen molar-refractivity contribution < 1.29 is 4.42 Å². The minimum atomic E-state index is 0.218. The summed E-state index contributed by atoms with van der Waals surface area (Å²) in [4.78, 5) is 4.41. The lowest BCUT2D eigenvalue weighted by Crippen LogP contribution is -1.99. The zero-order chi connectivity index (χ0) is 18.0. The van der Waals surface area contributed by atoms with Gasteiger partial charge in [-0.15, -0.1) is 0 Å². The van der Waals surface area contributed by atoms with E-state index in [9.17, 15) is 5.26 Å². The Bertz CT molecular complexity index is 931. The van der Waals surface area contributed by atoms with E-state index < -0.39 is 0 Å². The molecule has 2 aromatic heterocycles. The van der Waals surface area contributed by atoms with E-state index in [2.05, 4.69) is 37.0 Å². The van der Waals surface area contributed by atoms with Crippen LogP contribution in [0.3, 0.4) is 0 Å². The van der Waals surface area contributed by atoms with Crippen molar-refractivity contribution in [1.82, 2.24) is 4.98 Å². The third-order valence-corrected chi connectivity index (χ3v) is 4.06. The Morgan fingerprint density at radius 2 is 1.88 bits per heavy atom. The molecule has 4 nitrogen and oxygen atoms in total. The standard InChI is InChI=1S/C21H21N3O/c1-13(2)10-15-5-7-16(8-6-15)19-11-17(18(12-22)21(23)24-19)20-9-4-14(3)25-20/h4-9,11,13H,10H2,1-3H3,(H2,23,24). The van der Waals surface area contributed by atoms with E-state index in [-0.39, 0.29) is 5.82 Å². The summed E-state index contributed by atoms with van der Waals surface area (Å²) >= 11 is 0. The summed E-state index contributed by atoms with van der Waals surface area (Å²) in [7, 11) is 0. The summed E-state index contributed by atoms with van der Waals surface area (Å²) in [5, 5.41) is 9.44. The van der Waals surface area contributed by atoms with E-state index in [1.807, 2.05) is 37.3 Å². The molecule has 126 valence electrons. The fraction of sp³-hybridized carbons (Fsp3) is 0.238. The number of furan rings is 1. The molecule has 0 saturated carbocycles. The van der Waals surface area contributed by atoms with Gasteiger partial charge in [0.25, 0.3) is 0 Å². The number of aryl methyl sites for hydroxylation is 1. The Morgan fingerprint density at radius 3 is 2.44 bits per heavy atom. The third kappa shape index (κ3) is 3.56. The van der Waals surface area contributed by atoms with Crippen LogP contribution in [0.5, 0.6) is 0 Å². The highest BCUT2D eigenvalue weighted by Gasteiger charge is 2.15. The van der Waals surface area contributed by atoms with Gasteiger partial charge in [-0.1, -0.05) is 38.1 Å². The summed E-state index contributed by atoms with van der Waals surface area (Å²) in [6.45, 7) is 6.28. The second-order valence-electron chi connectivity index (χ2n) is 6.63. The number of pyridine rings is 1. The van der Waals surface area contributed by atoms with Crippen LogP contribution in [0.4, 0.5) is 5.82 Å². The lowest BCUT2D eigenvalue weighted by molar-refractivity contribution is 0.548. The van der Waals surface area contributed by atoms with Crippen molar-refractivity contribution in [2.24, 2.45) is 5.92 Å². The maximum absolute atomic E-state index is 9.44. The summed E-state index contributed by atoms with van der Waals surface area (Å²) in [5.74, 6) is 2.24. The zero-order valence-corrected chi connectivity index (χ0v) is 14.7. The smallest absolute Gasteiger partial charge is 0.142 e. The molecule has 0 saturated heterocycles. The monoisotopic (exact) mass is 331 g/mol. The van der Waals surface area contributed by atoms with Crippen LogP contribution in [0.1, 0.15) is 30.7 Å². The molecule has 2 N–H and O–H groups in total. The summed E-state index contributed by atoms with van der Waals surface area (Å²) in [6.07, 6.45) is 1.04. The number of benzene rings is 1. The van der Waals surface area contributed by atoms with Gasteiger partial charge in [0.2, 0.25) is 0 Å². The molecular formula is C21H21N3O. The molecule has 0 bridgehead atoms. The van der Waals surface area contributed by atoms with Crippen molar-refractivity contribution in [3.8, 4) is 28.7 Å². The van der Waals surface area contributed by atoms with Gasteiger partial charge in [-0.05, 0) is 43.0 Å². The first-order valence-electron chi connectivity index (χ1n) is 8.34. The molecule has 3 aromatic rings. The molecule has 0 aliphatic rings. The van der Waals surface area contributed by atoms with Crippen LogP contribution in [0.2, 0.25) is 0 Å². The van der Waals surface area contributed by atoms with E-state index in [1.54, 1.807) is 0 Å². The number of nitriles is 1. The van der Waals surface area contributed by atoms with Crippen molar-refractivity contribution in [2.45, 2.75) is 27.2 Å². The van der Waals surface area contributed by atoms with Crippen LogP contribution in [0, 0.1) is 24.2 Å². The number of rotatable bonds is 4. The number of aromatic nitrogens is 1. The maximum atomic E-state index is 9.44. The van der Waals surface area contributed by atoms with Crippen LogP contribution in [-0.4, -0.2) is 4.98 Å². The Hall–Kier alpha value is -3.06. The normalized spacial score (nSPS) is 10.8. The highest BCUT2D eigenvalue weighted by Crippen LogP contribution is 2.32. The van der Waals surface area contributed by atoms with E-state index in [0.29, 0.717) is 22.8 Å². The zero-order valence-electron chi connectivity index (χ0n) is 14.7. The second-order valence-corrected chi connectivity index (χ2v) is 6.63. The van der Waals surface area contributed by atoms with Crippen molar-refractivity contribution >= 4 is 5.82 Å². The highest BCUT2D eigenvalue weighted by molar-refractivity contribution is 5.78. The molecule has 25 heavy (non-hydrogen) atoms. The topological polar surface area (TPSA) is 75.8 Å². The molecule has 0 aliphatic heterocycles. The number of nitrogens with zero attached hydrogens (tertiary/aromatic N) is 2. The Labute approximate surface area is 147 Å². The van der Waals surface area contributed by atoms with Gasteiger partial charge in [0.1, 0.15) is 29.0 Å². The number of nitrogen functional groups attached to an aromatic ring is 1. The quantitative estimate of drug-likeness (QED) is 0.732. The molecule has 0 atom stereocenters. The second kappa shape index (κ2) is 6.82. The van der Waals surface area contributed by atoms with Crippen LogP contribution in [0.15, 0.2) is 46.9 Å².